The summed E-state index contributed by atoms with van der Waals surface area (Å²) in [5.74, 6) is -1.18. The molecule has 7 nitrogen and oxygen atoms in total. The number of aromatic hydroxyl groups is 1. The van der Waals surface area contributed by atoms with Crippen LogP contribution in [0.3, 0.4) is 0 Å². The van der Waals surface area contributed by atoms with Crippen molar-refractivity contribution in [1.82, 2.24) is 4.90 Å². The van der Waals surface area contributed by atoms with Crippen molar-refractivity contribution in [2.45, 2.75) is 38.8 Å². The van der Waals surface area contributed by atoms with Crippen LogP contribution in [0.25, 0.3) is 0 Å². The Morgan fingerprint density at radius 2 is 2.12 bits per heavy atom. The molecule has 2 rings (SSSR count). The largest absolute Gasteiger partial charge is 0.508 e. The minimum atomic E-state index is -3.12. The van der Waals surface area contributed by atoms with Crippen molar-refractivity contribution < 1.29 is 27.9 Å². The van der Waals surface area contributed by atoms with Crippen molar-refractivity contribution in [2.24, 2.45) is 0 Å². The van der Waals surface area contributed by atoms with E-state index in [4.69, 9.17) is 4.74 Å². The number of phenolic OH excluding ortho intramolecular Hbond substituents is 1. The molecule has 0 saturated carbocycles. The Balaban J connectivity index is 2.03. The van der Waals surface area contributed by atoms with E-state index in [1.54, 1.807) is 0 Å². The topological polar surface area (TPSA) is 101 Å². The fourth-order valence-electron chi connectivity index (χ4n) is 2.92. The summed E-state index contributed by atoms with van der Waals surface area (Å²) in [6.45, 7) is 3.29. The van der Waals surface area contributed by atoms with Crippen LogP contribution >= 0.6 is 0 Å². The Kier molecular flexibility index (Phi) is 6.05. The highest BCUT2D eigenvalue weighted by Gasteiger charge is 2.36. The fourth-order valence-corrected chi connectivity index (χ4v) is 4.63. The maximum Gasteiger partial charge on any atom is 0.338 e. The van der Waals surface area contributed by atoms with Gasteiger partial charge in [-0.15, -0.1) is 0 Å². The third kappa shape index (κ3) is 4.94. The third-order valence-electron chi connectivity index (χ3n) is 4.36. The van der Waals surface area contributed by atoms with E-state index in [-0.39, 0.29) is 34.9 Å². The van der Waals surface area contributed by atoms with Gasteiger partial charge in [-0.3, -0.25) is 4.79 Å². The van der Waals surface area contributed by atoms with Gasteiger partial charge < -0.3 is 14.7 Å². The van der Waals surface area contributed by atoms with Gasteiger partial charge in [-0.25, -0.2) is 13.2 Å². The van der Waals surface area contributed by atoms with Crippen LogP contribution in [0.1, 0.15) is 37.0 Å². The SMILES string of the molecule is CCC(C)N(C(=O)COC(=O)c1cccc(O)c1)C1CCS(=O)(=O)C1. The molecule has 1 aromatic carbocycles. The summed E-state index contributed by atoms with van der Waals surface area (Å²) in [6.07, 6.45) is 1.07. The molecule has 0 aliphatic carbocycles. The van der Waals surface area contributed by atoms with Gasteiger partial charge in [0.05, 0.1) is 17.1 Å². The van der Waals surface area contributed by atoms with Gasteiger partial charge in [0, 0.05) is 12.1 Å². The molecule has 138 valence electrons. The van der Waals surface area contributed by atoms with Crippen LogP contribution in [0.2, 0.25) is 0 Å². The van der Waals surface area contributed by atoms with E-state index in [0.29, 0.717) is 12.8 Å². The van der Waals surface area contributed by atoms with E-state index in [1.165, 1.54) is 29.2 Å². The Hall–Kier alpha value is -2.09. The first kappa shape index (κ1) is 19.2. The van der Waals surface area contributed by atoms with Crippen LogP contribution in [-0.4, -0.2) is 60.5 Å². The first-order valence-corrected chi connectivity index (χ1v) is 10.0. The van der Waals surface area contributed by atoms with Gasteiger partial charge in [0.1, 0.15) is 5.75 Å². The fraction of sp³-hybridized carbons (Fsp3) is 0.529. The van der Waals surface area contributed by atoms with Gasteiger partial charge in [0.25, 0.3) is 5.91 Å². The molecule has 1 aromatic rings. The lowest BCUT2D eigenvalue weighted by molar-refractivity contribution is -0.138. The van der Waals surface area contributed by atoms with Crippen molar-refractivity contribution in [2.75, 3.05) is 18.1 Å². The number of esters is 1. The summed E-state index contributed by atoms with van der Waals surface area (Å²) in [4.78, 5) is 26.1. The van der Waals surface area contributed by atoms with Gasteiger partial charge in [-0.1, -0.05) is 13.0 Å². The van der Waals surface area contributed by atoms with Crippen molar-refractivity contribution >= 4 is 21.7 Å². The normalized spacial score (nSPS) is 20.0. The van der Waals surface area contributed by atoms with Crippen molar-refractivity contribution in [1.29, 1.82) is 0 Å². The van der Waals surface area contributed by atoms with E-state index in [0.717, 1.165) is 0 Å². The lowest BCUT2D eigenvalue weighted by atomic mass is 10.1. The minimum Gasteiger partial charge on any atom is -0.508 e. The number of phenols is 1. The predicted molar refractivity (Wildman–Crippen MR) is 92.0 cm³/mol. The van der Waals surface area contributed by atoms with Crippen LogP contribution in [0.15, 0.2) is 24.3 Å². The summed E-state index contributed by atoms with van der Waals surface area (Å²) in [5.41, 5.74) is 0.145. The molecule has 1 saturated heterocycles. The molecule has 25 heavy (non-hydrogen) atoms. The number of carbonyl (C=O) groups excluding carboxylic acids is 2. The van der Waals surface area contributed by atoms with E-state index in [9.17, 15) is 23.1 Å². The van der Waals surface area contributed by atoms with Crippen LogP contribution in [0.4, 0.5) is 0 Å². The molecular formula is C17H23NO6S. The molecule has 1 heterocycles. The molecule has 8 heteroatoms. The van der Waals surface area contributed by atoms with E-state index < -0.39 is 28.3 Å². The Morgan fingerprint density at radius 1 is 1.40 bits per heavy atom. The van der Waals surface area contributed by atoms with Crippen molar-refractivity contribution in [3.63, 3.8) is 0 Å². The number of amides is 1. The molecule has 0 radical (unpaired) electrons. The van der Waals surface area contributed by atoms with E-state index >= 15 is 0 Å². The lowest BCUT2D eigenvalue weighted by Gasteiger charge is -2.33. The van der Waals surface area contributed by atoms with E-state index in [1.807, 2.05) is 13.8 Å². The zero-order valence-corrected chi connectivity index (χ0v) is 15.2. The molecule has 0 bridgehead atoms. The zero-order chi connectivity index (χ0) is 18.6. The summed E-state index contributed by atoms with van der Waals surface area (Å²) in [5, 5.41) is 9.39. The molecule has 1 aliphatic heterocycles. The highest BCUT2D eigenvalue weighted by molar-refractivity contribution is 7.91. The molecule has 1 amide bonds. The Bertz CT molecular complexity index is 745. The standard InChI is InChI=1S/C17H23NO6S/c1-3-12(2)18(14-7-8-25(22,23)11-14)16(20)10-24-17(21)13-5-4-6-15(19)9-13/h4-6,9,12,14,19H,3,7-8,10-11H2,1-2H3. The second kappa shape index (κ2) is 7.86. The highest BCUT2D eigenvalue weighted by Crippen LogP contribution is 2.21. The number of sulfone groups is 1. The number of benzene rings is 1. The number of carbonyl (C=O) groups is 2. The summed E-state index contributed by atoms with van der Waals surface area (Å²) in [6, 6.07) is 5.12. The second-order valence-corrected chi connectivity index (χ2v) is 8.47. The summed E-state index contributed by atoms with van der Waals surface area (Å²) >= 11 is 0. The summed E-state index contributed by atoms with van der Waals surface area (Å²) in [7, 11) is -3.12. The average molecular weight is 369 g/mol. The van der Waals surface area contributed by atoms with Crippen molar-refractivity contribution in [3.8, 4) is 5.75 Å². The molecule has 2 unspecified atom stereocenters. The third-order valence-corrected chi connectivity index (χ3v) is 6.11. The number of nitrogens with zero attached hydrogens (tertiary/aromatic N) is 1. The van der Waals surface area contributed by atoms with Gasteiger partial charge in [-0.05, 0) is 38.0 Å². The highest BCUT2D eigenvalue weighted by atomic mass is 32.2. The van der Waals surface area contributed by atoms with Gasteiger partial charge >= 0.3 is 5.97 Å². The van der Waals surface area contributed by atoms with Gasteiger partial charge in [-0.2, -0.15) is 0 Å². The Morgan fingerprint density at radius 3 is 2.68 bits per heavy atom. The zero-order valence-electron chi connectivity index (χ0n) is 14.3. The molecule has 2 atom stereocenters. The summed E-state index contributed by atoms with van der Waals surface area (Å²) < 4.78 is 28.5. The maximum absolute atomic E-state index is 12.5. The number of rotatable bonds is 6. The van der Waals surface area contributed by atoms with Crippen LogP contribution in [-0.2, 0) is 19.4 Å². The van der Waals surface area contributed by atoms with Crippen LogP contribution in [0, 0.1) is 0 Å². The second-order valence-electron chi connectivity index (χ2n) is 6.24. The smallest absolute Gasteiger partial charge is 0.338 e. The molecule has 1 fully saturated rings. The lowest BCUT2D eigenvalue weighted by Crippen LogP contribution is -2.48. The average Bonchev–Trinajstić information content (AvgIpc) is 2.92. The van der Waals surface area contributed by atoms with Gasteiger partial charge in [0.2, 0.25) is 0 Å². The molecule has 1 N–H and O–H groups in total. The minimum absolute atomic E-state index is 0.0520. The molecule has 0 spiro atoms. The number of hydrogen-bond acceptors (Lipinski definition) is 6. The molecule has 0 aromatic heterocycles. The number of hydrogen-bond donors (Lipinski definition) is 1. The molecule has 1 aliphatic rings. The van der Waals surface area contributed by atoms with Gasteiger partial charge in [0.15, 0.2) is 16.4 Å². The first-order chi connectivity index (χ1) is 11.7. The molecular weight excluding hydrogens is 346 g/mol. The quantitative estimate of drug-likeness (QED) is 0.760. The van der Waals surface area contributed by atoms with Crippen molar-refractivity contribution in [3.05, 3.63) is 29.8 Å². The first-order valence-electron chi connectivity index (χ1n) is 8.21. The van der Waals surface area contributed by atoms with E-state index in [2.05, 4.69) is 0 Å². The number of ether oxygens (including phenoxy) is 1. The monoisotopic (exact) mass is 369 g/mol. The Labute approximate surface area is 147 Å². The van der Waals surface area contributed by atoms with Crippen LogP contribution < -0.4 is 0 Å². The van der Waals surface area contributed by atoms with Crippen LogP contribution in [0.5, 0.6) is 5.75 Å². The predicted octanol–water partition coefficient (Wildman–Crippen LogP) is 1.36. The maximum atomic E-state index is 12.5.